The number of anilines is 1. The van der Waals surface area contributed by atoms with Crippen LogP contribution in [0.1, 0.15) is 24.8 Å². The average molecular weight is 346 g/mol. The van der Waals surface area contributed by atoms with Crippen LogP contribution in [-0.4, -0.2) is 54.1 Å². The van der Waals surface area contributed by atoms with E-state index in [1.807, 2.05) is 23.3 Å². The number of hydrogen-bond acceptors (Lipinski definition) is 6. The summed E-state index contributed by atoms with van der Waals surface area (Å²) in [6.07, 6.45) is 2.61. The molecular formula is C17H22N4O2S. The third kappa shape index (κ3) is 3.67. The molecule has 0 radical (unpaired) electrons. The number of hydrogen-bond donors (Lipinski definition) is 0. The lowest BCUT2D eigenvalue weighted by molar-refractivity contribution is -0.132. The number of methoxy groups -OCH3 is 1. The Morgan fingerprint density at radius 1 is 1.29 bits per heavy atom. The van der Waals surface area contributed by atoms with Crippen molar-refractivity contribution in [2.24, 2.45) is 0 Å². The second kappa shape index (κ2) is 7.61. The number of aromatic nitrogens is 2. The zero-order chi connectivity index (χ0) is 16.9. The number of ether oxygens (including phenoxy) is 1. The molecule has 1 aliphatic rings. The largest absolute Gasteiger partial charge is 0.481 e. The van der Waals surface area contributed by atoms with Gasteiger partial charge in [-0.05, 0) is 35.7 Å². The highest BCUT2D eigenvalue weighted by molar-refractivity contribution is 7.08. The maximum Gasteiger partial charge on any atom is 0.229 e. The second-order valence-electron chi connectivity index (χ2n) is 5.84. The van der Waals surface area contributed by atoms with Crippen LogP contribution in [0.4, 0.5) is 5.95 Å². The van der Waals surface area contributed by atoms with Gasteiger partial charge in [0.05, 0.1) is 13.0 Å². The molecule has 0 aliphatic carbocycles. The van der Waals surface area contributed by atoms with Gasteiger partial charge in [-0.25, -0.2) is 4.98 Å². The number of nitrogens with zero attached hydrogens (tertiary/aromatic N) is 4. The zero-order valence-corrected chi connectivity index (χ0v) is 14.8. The van der Waals surface area contributed by atoms with Crippen LogP contribution in [0.25, 0.3) is 0 Å². The second-order valence-corrected chi connectivity index (χ2v) is 6.62. The van der Waals surface area contributed by atoms with Crippen molar-refractivity contribution in [3.8, 4) is 5.88 Å². The Kier molecular flexibility index (Phi) is 5.30. The summed E-state index contributed by atoms with van der Waals surface area (Å²) in [5.74, 6) is 1.33. The first-order valence-electron chi connectivity index (χ1n) is 8.12. The van der Waals surface area contributed by atoms with Crippen molar-refractivity contribution in [3.05, 3.63) is 34.7 Å². The molecule has 0 saturated carbocycles. The van der Waals surface area contributed by atoms with Crippen molar-refractivity contribution in [3.63, 3.8) is 0 Å². The van der Waals surface area contributed by atoms with Crippen molar-refractivity contribution in [2.45, 2.75) is 19.3 Å². The quantitative estimate of drug-likeness (QED) is 0.851. The van der Waals surface area contributed by atoms with E-state index >= 15 is 0 Å². The third-order valence-corrected chi connectivity index (χ3v) is 5.03. The molecule has 6 nitrogen and oxygen atoms in total. The Bertz CT molecular complexity index is 677. The van der Waals surface area contributed by atoms with Gasteiger partial charge in [0.15, 0.2) is 0 Å². The Labute approximate surface area is 146 Å². The molecule has 1 aliphatic heterocycles. The fourth-order valence-electron chi connectivity index (χ4n) is 2.87. The van der Waals surface area contributed by atoms with Gasteiger partial charge in [0.1, 0.15) is 0 Å². The normalized spacial score (nSPS) is 16.6. The maximum absolute atomic E-state index is 12.8. The Morgan fingerprint density at radius 2 is 2.17 bits per heavy atom. The zero-order valence-electron chi connectivity index (χ0n) is 14.0. The van der Waals surface area contributed by atoms with Gasteiger partial charge >= 0.3 is 0 Å². The molecule has 1 fully saturated rings. The predicted molar refractivity (Wildman–Crippen MR) is 94.7 cm³/mol. The van der Waals surface area contributed by atoms with E-state index in [1.165, 1.54) is 0 Å². The van der Waals surface area contributed by atoms with Crippen molar-refractivity contribution < 1.29 is 9.53 Å². The van der Waals surface area contributed by atoms with E-state index in [0.29, 0.717) is 18.4 Å². The van der Waals surface area contributed by atoms with Crippen LogP contribution in [0, 0.1) is 0 Å². The minimum Gasteiger partial charge on any atom is -0.481 e. The first kappa shape index (κ1) is 16.7. The van der Waals surface area contributed by atoms with Crippen LogP contribution < -0.4 is 9.64 Å². The summed E-state index contributed by atoms with van der Waals surface area (Å²) in [6.45, 7) is 5.01. The Hall–Kier alpha value is -2.15. The average Bonchev–Trinajstić information content (AvgIpc) is 3.05. The molecule has 0 aromatic carbocycles. The Morgan fingerprint density at radius 3 is 2.92 bits per heavy atom. The lowest BCUT2D eigenvalue weighted by atomic mass is 10.0. The van der Waals surface area contributed by atoms with E-state index in [-0.39, 0.29) is 11.8 Å². The van der Waals surface area contributed by atoms with Gasteiger partial charge in [-0.2, -0.15) is 16.3 Å². The van der Waals surface area contributed by atoms with Crippen LogP contribution in [0.15, 0.2) is 29.1 Å². The van der Waals surface area contributed by atoms with Crippen LogP contribution in [0.2, 0.25) is 0 Å². The highest BCUT2D eigenvalue weighted by atomic mass is 32.1. The molecule has 24 heavy (non-hydrogen) atoms. The van der Waals surface area contributed by atoms with Gasteiger partial charge in [0.25, 0.3) is 0 Å². The van der Waals surface area contributed by atoms with Gasteiger partial charge in [-0.3, -0.25) is 4.79 Å². The number of rotatable bonds is 4. The van der Waals surface area contributed by atoms with Crippen LogP contribution in [0.5, 0.6) is 5.88 Å². The minimum absolute atomic E-state index is 0.0872. The monoisotopic (exact) mass is 346 g/mol. The first-order valence-corrected chi connectivity index (χ1v) is 9.06. The molecule has 3 heterocycles. The van der Waals surface area contributed by atoms with E-state index in [9.17, 15) is 4.79 Å². The molecule has 1 amide bonds. The van der Waals surface area contributed by atoms with Gasteiger partial charge < -0.3 is 14.5 Å². The van der Waals surface area contributed by atoms with Crippen molar-refractivity contribution in [2.75, 3.05) is 38.2 Å². The van der Waals surface area contributed by atoms with Gasteiger partial charge in [-0.15, -0.1) is 0 Å². The summed E-state index contributed by atoms with van der Waals surface area (Å²) in [6, 6.07) is 3.77. The number of thiophene rings is 1. The number of amides is 1. The third-order valence-electron chi connectivity index (χ3n) is 4.33. The fourth-order valence-corrected chi connectivity index (χ4v) is 3.63. The molecule has 2 aromatic rings. The van der Waals surface area contributed by atoms with Gasteiger partial charge in [0, 0.05) is 38.4 Å². The topological polar surface area (TPSA) is 58.6 Å². The highest BCUT2D eigenvalue weighted by Gasteiger charge is 2.25. The lowest BCUT2D eigenvalue weighted by Crippen LogP contribution is -2.37. The molecule has 1 atom stereocenters. The standard InChI is InChI=1S/C17H22N4O2S/c1-13(14-5-11-24-12-14)16(22)20-7-3-8-21(10-9-20)17-18-6-4-15(19-17)23-2/h4-6,11-13H,3,7-10H2,1-2H3/t13-/m1/s1. The number of carbonyl (C=O) groups is 1. The summed E-state index contributed by atoms with van der Waals surface area (Å²) in [5, 5.41) is 4.07. The molecule has 3 rings (SSSR count). The van der Waals surface area contributed by atoms with E-state index in [2.05, 4.69) is 20.2 Å². The van der Waals surface area contributed by atoms with Crippen molar-refractivity contribution in [1.29, 1.82) is 0 Å². The lowest BCUT2D eigenvalue weighted by Gasteiger charge is -2.24. The van der Waals surface area contributed by atoms with E-state index in [4.69, 9.17) is 4.74 Å². The van der Waals surface area contributed by atoms with Crippen molar-refractivity contribution >= 4 is 23.2 Å². The van der Waals surface area contributed by atoms with E-state index in [1.54, 1.807) is 30.7 Å². The molecule has 7 heteroatoms. The van der Waals surface area contributed by atoms with Crippen LogP contribution >= 0.6 is 11.3 Å². The highest BCUT2D eigenvalue weighted by Crippen LogP contribution is 2.22. The summed E-state index contributed by atoms with van der Waals surface area (Å²) in [7, 11) is 1.60. The maximum atomic E-state index is 12.8. The molecule has 128 valence electrons. The predicted octanol–water partition coefficient (Wildman–Crippen LogP) is 2.39. The molecular weight excluding hydrogens is 324 g/mol. The summed E-state index contributed by atoms with van der Waals surface area (Å²) >= 11 is 1.63. The van der Waals surface area contributed by atoms with Crippen LogP contribution in [-0.2, 0) is 4.79 Å². The summed E-state index contributed by atoms with van der Waals surface area (Å²) in [4.78, 5) is 25.6. The first-order chi connectivity index (χ1) is 11.7. The molecule has 0 spiro atoms. The molecule has 0 unspecified atom stereocenters. The van der Waals surface area contributed by atoms with Gasteiger partial charge in [-0.1, -0.05) is 0 Å². The minimum atomic E-state index is -0.0872. The van der Waals surface area contributed by atoms with Crippen LogP contribution in [0.3, 0.4) is 0 Å². The fraction of sp³-hybridized carbons (Fsp3) is 0.471. The molecule has 0 bridgehead atoms. The molecule has 1 saturated heterocycles. The summed E-state index contributed by atoms with van der Waals surface area (Å²) < 4.78 is 5.17. The molecule has 0 N–H and O–H groups in total. The van der Waals surface area contributed by atoms with E-state index in [0.717, 1.165) is 31.6 Å². The smallest absolute Gasteiger partial charge is 0.229 e. The SMILES string of the molecule is COc1ccnc(N2CCCN(C(=O)[C@H](C)c3ccsc3)CC2)n1. The Balaban J connectivity index is 1.65. The molecule has 2 aromatic heterocycles. The number of carbonyl (C=O) groups excluding carboxylic acids is 1. The van der Waals surface area contributed by atoms with E-state index < -0.39 is 0 Å². The van der Waals surface area contributed by atoms with Crippen molar-refractivity contribution in [1.82, 2.24) is 14.9 Å². The summed E-state index contributed by atoms with van der Waals surface area (Å²) in [5.41, 5.74) is 1.10. The van der Waals surface area contributed by atoms with Gasteiger partial charge in [0.2, 0.25) is 17.7 Å².